The molecular formula is C22H30N2OS. The van der Waals surface area contributed by atoms with Gasteiger partial charge in [-0.1, -0.05) is 18.8 Å². The first kappa shape index (κ1) is 12.3. The molecule has 140 valence electrons. The lowest BCUT2D eigenvalue weighted by Gasteiger charge is -2.46. The van der Waals surface area contributed by atoms with Gasteiger partial charge in [0, 0.05) is 43.6 Å². The van der Waals surface area contributed by atoms with Crippen LogP contribution in [0.3, 0.4) is 0 Å². The van der Waals surface area contributed by atoms with Crippen LogP contribution in [0.15, 0.2) is 35.8 Å². The van der Waals surface area contributed by atoms with Gasteiger partial charge >= 0.3 is 0 Å². The molecule has 0 unspecified atom stereocenters. The zero-order valence-electron chi connectivity index (χ0n) is 21.2. The fourth-order valence-electron chi connectivity index (χ4n) is 4.05. The molecule has 3 nitrogen and oxygen atoms in total. The number of thiophene rings is 1. The highest BCUT2D eigenvalue weighted by Gasteiger charge is 2.48. The van der Waals surface area contributed by atoms with E-state index in [1.54, 1.807) is 17.5 Å². The van der Waals surface area contributed by atoms with Gasteiger partial charge in [0.1, 0.15) is 0 Å². The number of nitrogens with zero attached hydrogens (tertiary/aromatic N) is 1. The number of hydrogen-bond acceptors (Lipinski definition) is 4. The Morgan fingerprint density at radius 1 is 1.31 bits per heavy atom. The molecular weight excluding hydrogens is 340 g/mol. The smallest absolute Gasteiger partial charge is 0.0691 e. The van der Waals surface area contributed by atoms with Crippen LogP contribution >= 0.6 is 11.3 Å². The van der Waals surface area contributed by atoms with Crippen molar-refractivity contribution in [3.05, 3.63) is 52.0 Å². The minimum absolute atomic E-state index is 0.0353. The quantitative estimate of drug-likeness (QED) is 0.771. The second-order valence-electron chi connectivity index (χ2n) is 7.39. The standard InChI is InChI=1S/C22H30N2OS/c1-18-7-15-26-19(18)16-23-13-10-21(20-6-2-5-12-24-20)11-14-25-22(17-21)8-3-4-9-22/h2,5-7,12,15,23H,3-4,8-11,13-14,16-17H2,1H3/t21-/m1/s1/i3D2,4D2,13D2. The molecule has 1 aliphatic heterocycles. The number of aromatic nitrogens is 1. The Morgan fingerprint density at radius 2 is 2.19 bits per heavy atom. The molecule has 26 heavy (non-hydrogen) atoms. The molecule has 2 fully saturated rings. The van der Waals surface area contributed by atoms with Gasteiger partial charge in [0.25, 0.3) is 0 Å². The molecule has 0 radical (unpaired) electrons. The third-order valence-corrected chi connectivity index (χ3v) is 6.60. The van der Waals surface area contributed by atoms with Crippen molar-refractivity contribution in [3.8, 4) is 0 Å². The van der Waals surface area contributed by atoms with E-state index in [1.807, 2.05) is 36.6 Å². The summed E-state index contributed by atoms with van der Waals surface area (Å²) in [4.78, 5) is 5.67. The Hall–Kier alpha value is -1.23. The minimum atomic E-state index is -1.99. The number of aryl methyl sites for hydroxylation is 1. The predicted octanol–water partition coefficient (Wildman–Crippen LogP) is 4.99. The van der Waals surface area contributed by atoms with Crippen LogP contribution in [0.5, 0.6) is 0 Å². The van der Waals surface area contributed by atoms with Crippen molar-refractivity contribution >= 4 is 11.3 Å². The highest BCUT2D eigenvalue weighted by Crippen LogP contribution is 2.49. The molecule has 1 atom stereocenters. The van der Waals surface area contributed by atoms with E-state index in [4.69, 9.17) is 13.0 Å². The summed E-state index contributed by atoms with van der Waals surface area (Å²) in [6, 6.07) is 7.64. The van der Waals surface area contributed by atoms with Crippen LogP contribution in [0.2, 0.25) is 0 Å². The average Bonchev–Trinajstić information content (AvgIpc) is 3.17. The van der Waals surface area contributed by atoms with Crippen molar-refractivity contribution in [1.82, 2.24) is 10.3 Å². The minimum Gasteiger partial charge on any atom is -0.375 e. The number of hydrogen-bond donors (Lipinski definition) is 1. The van der Waals surface area contributed by atoms with Crippen molar-refractivity contribution in [1.29, 1.82) is 0 Å². The Morgan fingerprint density at radius 3 is 2.92 bits per heavy atom. The van der Waals surface area contributed by atoms with Gasteiger partial charge < -0.3 is 10.1 Å². The second kappa shape index (κ2) is 7.79. The molecule has 4 rings (SSSR count). The summed E-state index contributed by atoms with van der Waals surface area (Å²) < 4.78 is 56.6. The van der Waals surface area contributed by atoms with E-state index in [0.29, 0.717) is 26.0 Å². The number of nitrogens with one attached hydrogen (secondary N) is 1. The molecule has 2 aromatic rings. The Balaban J connectivity index is 1.63. The highest BCUT2D eigenvalue weighted by molar-refractivity contribution is 7.10. The number of rotatable bonds is 6. The fraction of sp³-hybridized carbons (Fsp3) is 0.591. The summed E-state index contributed by atoms with van der Waals surface area (Å²) in [5.41, 5.74) is 0.243. The molecule has 2 aromatic heterocycles. The SMILES string of the molecule is [2H]C([2H])(C[C@@]1(c2ccccn2)CCOC2(CC([2H])([2H])C([2H])([2H])C2)C1)NCc1sccc1C. The molecule has 3 heterocycles. The Bertz CT molecular complexity index is 935. The summed E-state index contributed by atoms with van der Waals surface area (Å²) in [6.45, 7) is 1.08. The maximum absolute atomic E-state index is 8.77. The van der Waals surface area contributed by atoms with Gasteiger partial charge in [-0.2, -0.15) is 0 Å². The molecule has 1 N–H and O–H groups in total. The van der Waals surface area contributed by atoms with Crippen LogP contribution in [0.25, 0.3) is 0 Å². The molecule has 1 spiro atoms. The van der Waals surface area contributed by atoms with Crippen LogP contribution in [0.1, 0.15) is 69.2 Å². The van der Waals surface area contributed by atoms with Gasteiger partial charge in [-0.25, -0.2) is 0 Å². The van der Waals surface area contributed by atoms with Crippen LogP contribution < -0.4 is 5.32 Å². The zero-order valence-corrected chi connectivity index (χ0v) is 16.0. The summed E-state index contributed by atoms with van der Waals surface area (Å²) in [5, 5.41) is 5.08. The van der Waals surface area contributed by atoms with Gasteiger partial charge in [-0.15, -0.1) is 11.3 Å². The van der Waals surface area contributed by atoms with Crippen molar-refractivity contribution in [2.45, 2.75) is 69.3 Å². The van der Waals surface area contributed by atoms with Crippen LogP contribution in [0.4, 0.5) is 0 Å². The third-order valence-electron chi connectivity index (χ3n) is 5.57. The normalized spacial score (nSPS) is 32.8. The van der Waals surface area contributed by atoms with E-state index in [2.05, 4.69) is 10.3 Å². The molecule has 0 aromatic carbocycles. The first-order valence-electron chi connectivity index (χ1n) is 12.2. The highest BCUT2D eigenvalue weighted by atomic mass is 32.1. The zero-order chi connectivity index (χ0) is 23.3. The van der Waals surface area contributed by atoms with Crippen molar-refractivity contribution in [2.75, 3.05) is 13.1 Å². The lowest BCUT2D eigenvalue weighted by Crippen LogP contribution is -2.47. The first-order valence-corrected chi connectivity index (χ1v) is 10.1. The molecule has 0 bridgehead atoms. The van der Waals surface area contributed by atoms with E-state index < -0.39 is 30.3 Å². The molecule has 1 aliphatic carbocycles. The van der Waals surface area contributed by atoms with Crippen LogP contribution in [-0.2, 0) is 16.7 Å². The Labute approximate surface area is 169 Å². The molecule has 4 heteroatoms. The van der Waals surface area contributed by atoms with Crippen molar-refractivity contribution < 1.29 is 13.0 Å². The second-order valence-corrected chi connectivity index (χ2v) is 8.40. The molecule has 1 saturated heterocycles. The van der Waals surface area contributed by atoms with Crippen molar-refractivity contribution in [3.63, 3.8) is 0 Å². The van der Waals surface area contributed by atoms with Gasteiger partial charge in [0.15, 0.2) is 0 Å². The number of ether oxygens (including phenoxy) is 1. The maximum Gasteiger partial charge on any atom is 0.0691 e. The van der Waals surface area contributed by atoms with Gasteiger partial charge in [-0.05, 0) is 74.7 Å². The lowest BCUT2D eigenvalue weighted by atomic mass is 9.68. The van der Waals surface area contributed by atoms with Gasteiger partial charge in [0.2, 0.25) is 0 Å². The molecule has 2 aliphatic rings. The molecule has 1 saturated carbocycles. The maximum atomic E-state index is 8.77. The van der Waals surface area contributed by atoms with Gasteiger partial charge in [-0.3, -0.25) is 4.98 Å². The number of pyridine rings is 1. The summed E-state index contributed by atoms with van der Waals surface area (Å²) >= 11 is 1.60. The average molecular weight is 377 g/mol. The van der Waals surface area contributed by atoms with Crippen molar-refractivity contribution in [2.24, 2.45) is 0 Å². The Kier molecular flexibility index (Phi) is 3.68. The van der Waals surface area contributed by atoms with E-state index >= 15 is 0 Å². The van der Waals surface area contributed by atoms with Gasteiger partial charge in [0.05, 0.1) is 5.60 Å². The topological polar surface area (TPSA) is 34.1 Å². The largest absolute Gasteiger partial charge is 0.375 e. The summed E-state index contributed by atoms with van der Waals surface area (Å²) in [6.07, 6.45) is -1.31. The lowest BCUT2D eigenvalue weighted by molar-refractivity contribution is -0.104. The molecule has 0 amide bonds. The van der Waals surface area contributed by atoms with Crippen LogP contribution in [0, 0.1) is 6.92 Å². The van der Waals surface area contributed by atoms with E-state index in [-0.39, 0.29) is 19.3 Å². The van der Waals surface area contributed by atoms with E-state index in [1.165, 1.54) is 0 Å². The summed E-state index contributed by atoms with van der Waals surface area (Å²) in [5.74, 6) is 0. The van der Waals surface area contributed by atoms with E-state index in [0.717, 1.165) is 16.1 Å². The summed E-state index contributed by atoms with van der Waals surface area (Å²) in [7, 11) is 0. The monoisotopic (exact) mass is 376 g/mol. The fourth-order valence-corrected chi connectivity index (χ4v) is 4.90. The van der Waals surface area contributed by atoms with E-state index in [9.17, 15) is 0 Å². The predicted molar refractivity (Wildman–Crippen MR) is 108 cm³/mol. The third kappa shape index (κ3) is 3.73. The van der Waals surface area contributed by atoms with Crippen LogP contribution in [-0.4, -0.2) is 23.7 Å². The first-order chi connectivity index (χ1) is 14.9.